The molecule has 2 unspecified atom stereocenters. The first-order valence-electron chi connectivity index (χ1n) is 7.75. The molecule has 1 fully saturated rings. The zero-order valence-electron chi connectivity index (χ0n) is 11.9. The van der Waals surface area contributed by atoms with Gasteiger partial charge in [-0.3, -0.25) is 0 Å². The lowest BCUT2D eigenvalue weighted by atomic mass is 9.88. The molecular formula is C18H24Si. The lowest BCUT2D eigenvalue weighted by molar-refractivity contribution is 0.582. The molecule has 1 heteroatoms. The second-order valence-electron chi connectivity index (χ2n) is 6.21. The number of allylic oxidation sites excluding steroid dienone is 4. The Morgan fingerprint density at radius 1 is 1.26 bits per heavy atom. The van der Waals surface area contributed by atoms with Crippen LogP contribution in [0, 0.1) is 5.92 Å². The molecule has 2 atom stereocenters. The van der Waals surface area contributed by atoms with E-state index >= 15 is 0 Å². The lowest BCUT2D eigenvalue weighted by Crippen LogP contribution is -2.30. The van der Waals surface area contributed by atoms with Gasteiger partial charge in [-0.05, 0) is 36.6 Å². The third kappa shape index (κ3) is 2.49. The molecule has 0 heterocycles. The topological polar surface area (TPSA) is 0 Å². The van der Waals surface area contributed by atoms with Crippen LogP contribution in [0.25, 0.3) is 0 Å². The summed E-state index contributed by atoms with van der Waals surface area (Å²) >= 11 is 0. The highest BCUT2D eigenvalue weighted by Crippen LogP contribution is 2.56. The van der Waals surface area contributed by atoms with Gasteiger partial charge in [-0.2, -0.15) is 0 Å². The summed E-state index contributed by atoms with van der Waals surface area (Å²) in [5, 5.41) is 2.23. The average molecular weight is 268 g/mol. The van der Waals surface area contributed by atoms with Crippen molar-refractivity contribution in [3.63, 3.8) is 0 Å². The molecule has 1 saturated carbocycles. The predicted octanol–water partition coefficient (Wildman–Crippen LogP) is 3.74. The fourth-order valence-corrected chi connectivity index (χ4v) is 6.98. The molecule has 19 heavy (non-hydrogen) atoms. The van der Waals surface area contributed by atoms with Crippen LogP contribution < -0.4 is 5.19 Å². The van der Waals surface area contributed by atoms with E-state index in [0.29, 0.717) is 5.04 Å². The van der Waals surface area contributed by atoms with Gasteiger partial charge in [0.1, 0.15) is 0 Å². The Bertz CT molecular complexity index is 482. The largest absolute Gasteiger partial charge is 0.0839 e. The maximum Gasteiger partial charge on any atom is 0.0658 e. The maximum atomic E-state index is 2.47. The minimum atomic E-state index is -0.221. The summed E-state index contributed by atoms with van der Waals surface area (Å²) in [5.74, 6) is 0.868. The van der Waals surface area contributed by atoms with Crippen molar-refractivity contribution in [3.05, 3.63) is 54.1 Å². The molecule has 2 aliphatic carbocycles. The van der Waals surface area contributed by atoms with Crippen LogP contribution in [0.3, 0.4) is 0 Å². The van der Waals surface area contributed by atoms with Gasteiger partial charge in [0.2, 0.25) is 0 Å². The molecular weight excluding hydrogens is 244 g/mol. The van der Waals surface area contributed by atoms with Gasteiger partial charge in [-0.15, -0.1) is 0 Å². The van der Waals surface area contributed by atoms with Crippen molar-refractivity contribution >= 4 is 14.7 Å². The Morgan fingerprint density at radius 2 is 2.11 bits per heavy atom. The van der Waals surface area contributed by atoms with E-state index in [1.54, 1.807) is 5.19 Å². The fourth-order valence-electron chi connectivity index (χ4n) is 4.17. The minimum absolute atomic E-state index is 0.221. The number of benzene rings is 1. The van der Waals surface area contributed by atoms with Gasteiger partial charge in [-0.25, -0.2) is 0 Å². The zero-order chi connectivity index (χ0) is 13.1. The quantitative estimate of drug-likeness (QED) is 0.730. The van der Waals surface area contributed by atoms with Crippen LogP contribution in [0.4, 0.5) is 0 Å². The van der Waals surface area contributed by atoms with Crippen LogP contribution in [0.1, 0.15) is 39.0 Å². The van der Waals surface area contributed by atoms with Gasteiger partial charge >= 0.3 is 0 Å². The molecule has 3 rings (SSSR count). The van der Waals surface area contributed by atoms with E-state index < -0.39 is 0 Å². The Kier molecular flexibility index (Phi) is 3.74. The molecule has 0 N–H and O–H groups in total. The van der Waals surface area contributed by atoms with Crippen LogP contribution in [0.5, 0.6) is 0 Å². The van der Waals surface area contributed by atoms with Crippen molar-refractivity contribution in [2.75, 3.05) is 0 Å². The zero-order valence-corrected chi connectivity index (χ0v) is 13.4. The lowest BCUT2D eigenvalue weighted by Gasteiger charge is -2.33. The molecule has 0 bridgehead atoms. The molecule has 0 saturated heterocycles. The number of fused-ring (bicyclic) bond motifs is 1. The Morgan fingerprint density at radius 3 is 2.89 bits per heavy atom. The van der Waals surface area contributed by atoms with Crippen molar-refractivity contribution in [3.8, 4) is 0 Å². The van der Waals surface area contributed by atoms with E-state index in [4.69, 9.17) is 0 Å². The van der Waals surface area contributed by atoms with Crippen molar-refractivity contribution in [1.82, 2.24) is 0 Å². The predicted molar refractivity (Wildman–Crippen MR) is 86.8 cm³/mol. The average Bonchev–Trinajstić information content (AvgIpc) is 2.80. The smallest absolute Gasteiger partial charge is 0.0658 e. The van der Waals surface area contributed by atoms with E-state index in [0.717, 1.165) is 5.92 Å². The molecule has 1 aromatic carbocycles. The minimum Gasteiger partial charge on any atom is -0.0839 e. The molecule has 0 aliphatic heterocycles. The second-order valence-corrected chi connectivity index (χ2v) is 8.74. The van der Waals surface area contributed by atoms with Crippen molar-refractivity contribution in [2.24, 2.45) is 5.92 Å². The molecule has 1 aromatic rings. The van der Waals surface area contributed by atoms with E-state index in [-0.39, 0.29) is 9.52 Å². The van der Waals surface area contributed by atoms with Gasteiger partial charge < -0.3 is 0 Å². The summed E-state index contributed by atoms with van der Waals surface area (Å²) in [4.78, 5) is 0. The summed E-state index contributed by atoms with van der Waals surface area (Å²) in [6.45, 7) is 2.35. The second kappa shape index (κ2) is 5.50. The SMILES string of the molecule is CCCC1([SiH2]c2ccccc2)CCC2CC=CC=C21. The first-order chi connectivity index (χ1) is 9.34. The highest BCUT2D eigenvalue weighted by molar-refractivity contribution is 6.57. The van der Waals surface area contributed by atoms with Crippen molar-refractivity contribution in [2.45, 2.75) is 44.1 Å². The highest BCUT2D eigenvalue weighted by atomic mass is 28.2. The third-order valence-corrected chi connectivity index (χ3v) is 7.64. The fraction of sp³-hybridized carbons (Fsp3) is 0.444. The van der Waals surface area contributed by atoms with Gasteiger partial charge in [0.05, 0.1) is 9.52 Å². The Hall–Kier alpha value is -1.08. The van der Waals surface area contributed by atoms with E-state index in [1.165, 1.54) is 32.1 Å². The van der Waals surface area contributed by atoms with Gasteiger partial charge in [0.15, 0.2) is 0 Å². The first-order valence-corrected chi connectivity index (χ1v) is 9.16. The summed E-state index contributed by atoms with van der Waals surface area (Å²) < 4.78 is 0. The molecule has 0 nitrogen and oxygen atoms in total. The summed E-state index contributed by atoms with van der Waals surface area (Å²) in [6, 6.07) is 11.3. The highest BCUT2D eigenvalue weighted by Gasteiger charge is 2.42. The summed E-state index contributed by atoms with van der Waals surface area (Å²) in [7, 11) is -0.221. The van der Waals surface area contributed by atoms with E-state index in [9.17, 15) is 0 Å². The number of hydrogen-bond donors (Lipinski definition) is 0. The third-order valence-electron chi connectivity index (χ3n) is 4.97. The summed E-state index contributed by atoms with van der Waals surface area (Å²) in [6.07, 6.45) is 14.0. The number of hydrogen-bond acceptors (Lipinski definition) is 0. The van der Waals surface area contributed by atoms with Crippen LogP contribution >= 0.6 is 0 Å². The molecule has 100 valence electrons. The normalized spacial score (nSPS) is 29.7. The number of rotatable bonds is 4. The molecule has 0 aromatic heterocycles. The van der Waals surface area contributed by atoms with Crippen LogP contribution in [-0.4, -0.2) is 9.52 Å². The van der Waals surface area contributed by atoms with Crippen LogP contribution in [0.15, 0.2) is 54.1 Å². The monoisotopic (exact) mass is 268 g/mol. The summed E-state index contributed by atoms with van der Waals surface area (Å²) in [5.41, 5.74) is 1.81. The van der Waals surface area contributed by atoms with Crippen LogP contribution in [-0.2, 0) is 0 Å². The molecule has 2 aliphatic rings. The Balaban J connectivity index is 1.91. The van der Waals surface area contributed by atoms with E-state index in [2.05, 4.69) is 55.5 Å². The molecule has 0 spiro atoms. The first kappa shape index (κ1) is 12.9. The van der Waals surface area contributed by atoms with Gasteiger partial charge in [0.25, 0.3) is 0 Å². The molecule has 0 amide bonds. The molecule has 0 radical (unpaired) electrons. The maximum absolute atomic E-state index is 2.47. The van der Waals surface area contributed by atoms with Gasteiger partial charge in [-0.1, -0.05) is 72.7 Å². The standard InChI is InChI=1S/C18H24Si/c1-2-13-18(19-16-9-4-3-5-10-16)14-12-15-8-6-7-11-17(15)18/h3-7,9-11,15H,2,8,12-14,19H2,1H3. The van der Waals surface area contributed by atoms with E-state index in [1.807, 2.05) is 5.57 Å². The van der Waals surface area contributed by atoms with Gasteiger partial charge in [0, 0.05) is 0 Å². The van der Waals surface area contributed by atoms with Crippen molar-refractivity contribution in [1.29, 1.82) is 0 Å². The Labute approximate surface area is 119 Å². The van der Waals surface area contributed by atoms with Crippen LogP contribution in [0.2, 0.25) is 5.04 Å². The van der Waals surface area contributed by atoms with Crippen molar-refractivity contribution < 1.29 is 0 Å².